The molecule has 100 valence electrons. The van der Waals surface area contributed by atoms with Gasteiger partial charge in [0.15, 0.2) is 0 Å². The van der Waals surface area contributed by atoms with Crippen LogP contribution in [0, 0.1) is 0 Å². The van der Waals surface area contributed by atoms with E-state index in [1.807, 2.05) is 24.3 Å². The van der Waals surface area contributed by atoms with Crippen LogP contribution in [0.2, 0.25) is 0 Å². The second-order valence-electron chi connectivity index (χ2n) is 4.78. The summed E-state index contributed by atoms with van der Waals surface area (Å²) in [4.78, 5) is 20.1. The van der Waals surface area contributed by atoms with Crippen molar-refractivity contribution in [1.82, 2.24) is 9.97 Å². The predicted octanol–water partition coefficient (Wildman–Crippen LogP) is 1.35. The molecule has 1 aromatic heterocycles. The molecule has 0 radical (unpaired) electrons. The molecule has 1 aromatic carbocycles. The van der Waals surface area contributed by atoms with Gasteiger partial charge in [0.2, 0.25) is 11.9 Å². The van der Waals surface area contributed by atoms with Crippen LogP contribution in [0.3, 0.4) is 0 Å². The van der Waals surface area contributed by atoms with E-state index in [0.29, 0.717) is 11.8 Å². The fourth-order valence-electron chi connectivity index (χ4n) is 1.64. The molecule has 6 nitrogen and oxygen atoms in total. The molecule has 0 bridgehead atoms. The normalized spacial score (nSPS) is 11.3. The summed E-state index contributed by atoms with van der Waals surface area (Å²) >= 11 is 0. The number of rotatable bonds is 4. The van der Waals surface area contributed by atoms with E-state index < -0.39 is 11.4 Å². The first-order valence-electron chi connectivity index (χ1n) is 5.96. The number of nitrogens with one attached hydrogen (secondary N) is 2. The van der Waals surface area contributed by atoms with Crippen molar-refractivity contribution in [2.45, 2.75) is 19.4 Å². The maximum absolute atomic E-state index is 11.4. The second-order valence-corrected chi connectivity index (χ2v) is 4.78. The third-order valence-electron chi connectivity index (χ3n) is 2.87. The lowest BCUT2D eigenvalue weighted by Crippen LogP contribution is -2.45. The third-order valence-corrected chi connectivity index (χ3v) is 2.87. The summed E-state index contributed by atoms with van der Waals surface area (Å²) < 4.78 is 0. The molecule has 19 heavy (non-hydrogen) atoms. The predicted molar refractivity (Wildman–Crippen MR) is 76.0 cm³/mol. The van der Waals surface area contributed by atoms with Crippen LogP contribution >= 0.6 is 0 Å². The zero-order chi connectivity index (χ0) is 14.0. The Morgan fingerprint density at radius 3 is 2.58 bits per heavy atom. The van der Waals surface area contributed by atoms with Crippen molar-refractivity contribution in [3.05, 3.63) is 24.3 Å². The third kappa shape index (κ3) is 2.57. The van der Waals surface area contributed by atoms with Crippen molar-refractivity contribution in [2.24, 2.45) is 5.73 Å². The fourth-order valence-corrected chi connectivity index (χ4v) is 1.64. The first-order chi connectivity index (χ1) is 8.94. The van der Waals surface area contributed by atoms with E-state index >= 15 is 0 Å². The van der Waals surface area contributed by atoms with Gasteiger partial charge in [-0.3, -0.25) is 4.79 Å². The van der Waals surface area contributed by atoms with Gasteiger partial charge in [0.05, 0.1) is 5.52 Å². The van der Waals surface area contributed by atoms with E-state index in [9.17, 15) is 4.79 Å². The summed E-state index contributed by atoms with van der Waals surface area (Å²) in [7, 11) is 1.74. The maximum atomic E-state index is 11.4. The molecular formula is C13H17N5O. The number of para-hydroxylation sites is 1. The number of amides is 1. The monoisotopic (exact) mass is 259 g/mol. The van der Waals surface area contributed by atoms with Crippen molar-refractivity contribution in [1.29, 1.82) is 0 Å². The molecule has 0 unspecified atom stereocenters. The van der Waals surface area contributed by atoms with Crippen LogP contribution < -0.4 is 16.4 Å². The fraction of sp³-hybridized carbons (Fsp3) is 0.308. The molecule has 0 spiro atoms. The number of primary amides is 1. The molecule has 0 aliphatic carbocycles. The van der Waals surface area contributed by atoms with Gasteiger partial charge < -0.3 is 16.4 Å². The summed E-state index contributed by atoms with van der Waals surface area (Å²) in [5, 5.41) is 6.81. The molecule has 0 fully saturated rings. The average molecular weight is 259 g/mol. The molecule has 0 saturated heterocycles. The lowest BCUT2D eigenvalue weighted by atomic mass is 10.0. The minimum Gasteiger partial charge on any atom is -0.368 e. The molecule has 0 atom stereocenters. The number of benzene rings is 1. The number of carbonyl (C=O) groups is 1. The molecule has 0 saturated carbocycles. The highest BCUT2D eigenvalue weighted by Gasteiger charge is 2.26. The quantitative estimate of drug-likeness (QED) is 0.770. The SMILES string of the molecule is CNc1nc(NC(C)(C)C(N)=O)c2ccccc2n1. The smallest absolute Gasteiger partial charge is 0.242 e. The summed E-state index contributed by atoms with van der Waals surface area (Å²) in [6.45, 7) is 3.43. The summed E-state index contributed by atoms with van der Waals surface area (Å²) in [5.41, 5.74) is 5.28. The van der Waals surface area contributed by atoms with Crippen molar-refractivity contribution < 1.29 is 4.79 Å². The zero-order valence-corrected chi connectivity index (χ0v) is 11.2. The van der Waals surface area contributed by atoms with E-state index in [2.05, 4.69) is 20.6 Å². The Balaban J connectivity index is 2.55. The highest BCUT2D eigenvalue weighted by atomic mass is 16.1. The number of hydrogen-bond donors (Lipinski definition) is 3. The van der Waals surface area contributed by atoms with Crippen LogP contribution in [-0.2, 0) is 4.79 Å². The Hall–Kier alpha value is -2.37. The maximum Gasteiger partial charge on any atom is 0.242 e. The van der Waals surface area contributed by atoms with Gasteiger partial charge in [0.1, 0.15) is 11.4 Å². The van der Waals surface area contributed by atoms with E-state index in [1.54, 1.807) is 20.9 Å². The summed E-state index contributed by atoms with van der Waals surface area (Å²) in [5.74, 6) is 0.626. The molecular weight excluding hydrogens is 242 g/mol. The average Bonchev–Trinajstić information content (AvgIpc) is 2.38. The van der Waals surface area contributed by atoms with Gasteiger partial charge >= 0.3 is 0 Å². The van der Waals surface area contributed by atoms with Gasteiger partial charge in [-0.25, -0.2) is 4.98 Å². The lowest BCUT2D eigenvalue weighted by molar-refractivity contribution is -0.121. The molecule has 6 heteroatoms. The Bertz CT molecular complexity index is 623. The topological polar surface area (TPSA) is 92.9 Å². The van der Waals surface area contributed by atoms with Crippen LogP contribution in [0.1, 0.15) is 13.8 Å². The first-order valence-corrected chi connectivity index (χ1v) is 5.96. The van der Waals surface area contributed by atoms with Crippen molar-refractivity contribution in [3.8, 4) is 0 Å². The van der Waals surface area contributed by atoms with Crippen molar-refractivity contribution >= 4 is 28.6 Å². The van der Waals surface area contributed by atoms with Crippen molar-refractivity contribution in [2.75, 3.05) is 17.7 Å². The van der Waals surface area contributed by atoms with Gasteiger partial charge in [-0.05, 0) is 26.0 Å². The van der Waals surface area contributed by atoms with Gasteiger partial charge in [0.25, 0.3) is 0 Å². The van der Waals surface area contributed by atoms with Crippen LogP contribution in [0.15, 0.2) is 24.3 Å². The molecule has 0 aliphatic rings. The number of fused-ring (bicyclic) bond motifs is 1. The van der Waals surface area contributed by atoms with Gasteiger partial charge in [0, 0.05) is 12.4 Å². The lowest BCUT2D eigenvalue weighted by Gasteiger charge is -2.24. The number of aromatic nitrogens is 2. The van der Waals surface area contributed by atoms with Gasteiger partial charge in [-0.2, -0.15) is 4.98 Å². The molecule has 4 N–H and O–H groups in total. The summed E-state index contributed by atoms with van der Waals surface area (Å²) in [6.07, 6.45) is 0. The molecule has 2 aromatic rings. The van der Waals surface area contributed by atoms with E-state index in [1.165, 1.54) is 0 Å². The zero-order valence-electron chi connectivity index (χ0n) is 11.2. The van der Waals surface area contributed by atoms with Crippen LogP contribution in [0.25, 0.3) is 10.9 Å². The minimum absolute atomic E-state index is 0.443. The van der Waals surface area contributed by atoms with Gasteiger partial charge in [-0.15, -0.1) is 0 Å². The number of carbonyl (C=O) groups excluding carboxylic acids is 1. The Kier molecular flexibility index (Phi) is 3.25. The molecule has 1 heterocycles. The first kappa shape index (κ1) is 13.1. The second kappa shape index (κ2) is 4.72. The number of anilines is 2. The molecule has 0 aliphatic heterocycles. The Morgan fingerprint density at radius 2 is 1.95 bits per heavy atom. The highest BCUT2D eigenvalue weighted by molar-refractivity contribution is 5.94. The number of nitrogens with zero attached hydrogens (tertiary/aromatic N) is 2. The number of nitrogens with two attached hydrogens (primary N) is 1. The van der Waals surface area contributed by atoms with Crippen LogP contribution in [0.5, 0.6) is 0 Å². The minimum atomic E-state index is -0.887. The molecule has 1 amide bonds. The van der Waals surface area contributed by atoms with Crippen LogP contribution in [0.4, 0.5) is 11.8 Å². The highest BCUT2D eigenvalue weighted by Crippen LogP contribution is 2.24. The van der Waals surface area contributed by atoms with Crippen molar-refractivity contribution in [3.63, 3.8) is 0 Å². The van der Waals surface area contributed by atoms with E-state index in [0.717, 1.165) is 10.9 Å². The Labute approximate surface area is 111 Å². The standard InChI is InChI=1S/C13H17N5O/c1-13(2,11(14)19)18-10-8-6-4-5-7-9(8)16-12(15-3)17-10/h4-7H,1-3H3,(H2,14,19)(H2,15,16,17,18). The Morgan fingerprint density at radius 1 is 1.26 bits per heavy atom. The summed E-state index contributed by atoms with van der Waals surface area (Å²) in [6, 6.07) is 7.58. The van der Waals surface area contributed by atoms with E-state index in [4.69, 9.17) is 5.73 Å². The van der Waals surface area contributed by atoms with E-state index in [-0.39, 0.29) is 0 Å². The number of hydrogen-bond acceptors (Lipinski definition) is 5. The van der Waals surface area contributed by atoms with Crippen LogP contribution in [-0.4, -0.2) is 28.5 Å². The van der Waals surface area contributed by atoms with Gasteiger partial charge in [-0.1, -0.05) is 12.1 Å². The largest absolute Gasteiger partial charge is 0.368 e. The molecule has 2 rings (SSSR count).